The molecule has 0 spiro atoms. The Bertz CT molecular complexity index is 965. The number of hydrogen-bond acceptors (Lipinski definition) is 6. The maximum Gasteiger partial charge on any atom is 0.250 e. The third-order valence-corrected chi connectivity index (χ3v) is 3.92. The van der Waals surface area contributed by atoms with Crippen LogP contribution in [0.25, 0.3) is 5.95 Å². The minimum Gasteiger partial charge on any atom is -0.454 e. The smallest absolute Gasteiger partial charge is 0.250 e. The van der Waals surface area contributed by atoms with E-state index in [1.165, 1.54) is 0 Å². The van der Waals surface area contributed by atoms with Gasteiger partial charge in [0.1, 0.15) is 0 Å². The minimum absolute atomic E-state index is 0.161. The zero-order valence-electron chi connectivity index (χ0n) is 14.4. The summed E-state index contributed by atoms with van der Waals surface area (Å²) in [5, 5.41) is 7.13. The highest BCUT2D eigenvalue weighted by atomic mass is 16.7. The normalized spacial score (nSPS) is 12.2. The van der Waals surface area contributed by atoms with E-state index in [1.54, 1.807) is 23.1 Å². The fraction of sp³-hybridized carbons (Fsp3) is 0.222. The molecule has 1 amide bonds. The summed E-state index contributed by atoms with van der Waals surface area (Å²) in [6, 6.07) is 7.40. The van der Waals surface area contributed by atoms with Crippen LogP contribution in [0, 0.1) is 13.8 Å². The van der Waals surface area contributed by atoms with E-state index < -0.39 is 0 Å². The highest BCUT2D eigenvalue weighted by Gasteiger charge is 2.15. The number of hydrogen-bond donors (Lipinski definition) is 1. The number of benzene rings is 1. The van der Waals surface area contributed by atoms with Gasteiger partial charge in [0, 0.05) is 5.69 Å². The predicted molar refractivity (Wildman–Crippen MR) is 93.5 cm³/mol. The quantitative estimate of drug-likeness (QED) is 0.775. The molecule has 3 heterocycles. The number of carbonyl (C=O) groups excluding carboxylic acids is 1. The fourth-order valence-electron chi connectivity index (χ4n) is 2.77. The van der Waals surface area contributed by atoms with E-state index >= 15 is 0 Å². The van der Waals surface area contributed by atoms with Crippen LogP contribution >= 0.6 is 0 Å². The van der Waals surface area contributed by atoms with Gasteiger partial charge >= 0.3 is 0 Å². The molecule has 4 rings (SSSR count). The molecule has 0 aliphatic carbocycles. The Labute approximate surface area is 149 Å². The van der Waals surface area contributed by atoms with Gasteiger partial charge in [0.25, 0.3) is 5.95 Å². The van der Waals surface area contributed by atoms with Gasteiger partial charge in [-0.15, -0.1) is 0 Å². The minimum atomic E-state index is -0.161. The summed E-state index contributed by atoms with van der Waals surface area (Å²) < 4.78 is 12.2. The molecular weight excluding hydrogens is 334 g/mol. The van der Waals surface area contributed by atoms with E-state index in [4.69, 9.17) is 9.47 Å². The van der Waals surface area contributed by atoms with E-state index in [9.17, 15) is 4.79 Å². The number of ether oxygens (including phenoxy) is 2. The molecule has 3 aromatic rings. The number of nitrogens with one attached hydrogen (secondary N) is 1. The zero-order valence-corrected chi connectivity index (χ0v) is 14.4. The van der Waals surface area contributed by atoms with Crippen molar-refractivity contribution < 1.29 is 14.3 Å². The summed E-state index contributed by atoms with van der Waals surface area (Å²) in [4.78, 5) is 20.8. The van der Waals surface area contributed by atoms with Gasteiger partial charge in [0.15, 0.2) is 11.5 Å². The van der Waals surface area contributed by atoms with E-state index in [1.807, 2.05) is 32.0 Å². The fourth-order valence-corrected chi connectivity index (χ4v) is 2.77. The molecule has 2 aromatic heterocycles. The second-order valence-electron chi connectivity index (χ2n) is 6.02. The molecule has 0 atom stereocenters. The van der Waals surface area contributed by atoms with Crippen LogP contribution in [0.5, 0.6) is 11.5 Å². The SMILES string of the molecule is Cc1cc(C)n(-c2ncc(NC(=O)Cc3ccc4c(c3)OCO4)cn2)n1. The molecule has 0 fully saturated rings. The topological polar surface area (TPSA) is 91.2 Å². The molecular formula is C18H17N5O3. The first-order chi connectivity index (χ1) is 12.6. The van der Waals surface area contributed by atoms with Crippen LogP contribution in [-0.2, 0) is 11.2 Å². The van der Waals surface area contributed by atoms with Crippen molar-refractivity contribution in [3.05, 3.63) is 53.6 Å². The second kappa shape index (κ2) is 6.47. The first-order valence-electron chi connectivity index (χ1n) is 8.12. The molecule has 0 radical (unpaired) electrons. The van der Waals surface area contributed by atoms with E-state index in [0.29, 0.717) is 23.1 Å². The second-order valence-corrected chi connectivity index (χ2v) is 6.02. The van der Waals surface area contributed by atoms with Crippen molar-refractivity contribution in [2.75, 3.05) is 12.1 Å². The van der Waals surface area contributed by atoms with Crippen molar-refractivity contribution in [3.8, 4) is 17.4 Å². The van der Waals surface area contributed by atoms with Crippen LogP contribution in [0.4, 0.5) is 5.69 Å². The van der Waals surface area contributed by atoms with Gasteiger partial charge in [0.05, 0.1) is 30.2 Å². The molecule has 1 aromatic carbocycles. The third-order valence-electron chi connectivity index (χ3n) is 3.92. The van der Waals surface area contributed by atoms with Gasteiger partial charge in [0.2, 0.25) is 12.7 Å². The van der Waals surface area contributed by atoms with Crippen molar-refractivity contribution in [3.63, 3.8) is 0 Å². The molecule has 1 aliphatic heterocycles. The van der Waals surface area contributed by atoms with Gasteiger partial charge in [-0.3, -0.25) is 4.79 Å². The lowest BCUT2D eigenvalue weighted by Crippen LogP contribution is -2.15. The third kappa shape index (κ3) is 3.21. The van der Waals surface area contributed by atoms with Crippen LogP contribution in [0.1, 0.15) is 17.0 Å². The summed E-state index contributed by atoms with van der Waals surface area (Å²) >= 11 is 0. The van der Waals surface area contributed by atoms with E-state index in [-0.39, 0.29) is 19.1 Å². The van der Waals surface area contributed by atoms with Crippen molar-refractivity contribution >= 4 is 11.6 Å². The summed E-state index contributed by atoms with van der Waals surface area (Å²) in [5.41, 5.74) is 3.21. The Morgan fingerprint density at radius 2 is 1.92 bits per heavy atom. The number of carbonyl (C=O) groups is 1. The largest absolute Gasteiger partial charge is 0.454 e. The van der Waals surface area contributed by atoms with Gasteiger partial charge in [-0.2, -0.15) is 5.10 Å². The molecule has 1 N–H and O–H groups in total. The molecule has 8 nitrogen and oxygen atoms in total. The Balaban J connectivity index is 1.42. The average molecular weight is 351 g/mol. The highest BCUT2D eigenvalue weighted by Crippen LogP contribution is 2.32. The van der Waals surface area contributed by atoms with Crippen molar-refractivity contribution in [1.82, 2.24) is 19.7 Å². The average Bonchev–Trinajstić information content (AvgIpc) is 3.21. The number of aromatic nitrogens is 4. The molecule has 8 heteroatoms. The van der Waals surface area contributed by atoms with Crippen molar-refractivity contribution in [1.29, 1.82) is 0 Å². The summed E-state index contributed by atoms with van der Waals surface area (Å²) in [7, 11) is 0. The van der Waals surface area contributed by atoms with Gasteiger partial charge in [-0.25, -0.2) is 14.6 Å². The first-order valence-corrected chi connectivity index (χ1v) is 8.12. The maximum absolute atomic E-state index is 12.2. The molecule has 0 saturated carbocycles. The number of rotatable bonds is 4. The van der Waals surface area contributed by atoms with Crippen molar-refractivity contribution in [2.24, 2.45) is 0 Å². The van der Waals surface area contributed by atoms with Crippen LogP contribution in [0.15, 0.2) is 36.7 Å². The number of nitrogens with zero attached hydrogens (tertiary/aromatic N) is 4. The molecule has 0 bridgehead atoms. The number of anilines is 1. The number of amides is 1. The molecule has 0 saturated heterocycles. The molecule has 132 valence electrons. The Hall–Kier alpha value is -3.42. The summed E-state index contributed by atoms with van der Waals surface area (Å²) in [6.45, 7) is 4.06. The highest BCUT2D eigenvalue weighted by molar-refractivity contribution is 5.92. The molecule has 1 aliphatic rings. The Morgan fingerprint density at radius 1 is 1.15 bits per heavy atom. The summed E-state index contributed by atoms with van der Waals surface area (Å²) in [5.74, 6) is 1.66. The van der Waals surface area contributed by atoms with Crippen LogP contribution in [0.3, 0.4) is 0 Å². The number of fused-ring (bicyclic) bond motifs is 1. The summed E-state index contributed by atoms with van der Waals surface area (Å²) in [6.07, 6.45) is 3.35. The standard InChI is InChI=1S/C18H17N5O3/c1-11-5-12(2)23(22-11)18-19-8-14(9-20-18)21-17(24)7-13-3-4-15-16(6-13)26-10-25-15/h3-6,8-9H,7,10H2,1-2H3,(H,21,24). The lowest BCUT2D eigenvalue weighted by molar-refractivity contribution is -0.115. The molecule has 0 unspecified atom stereocenters. The lowest BCUT2D eigenvalue weighted by Gasteiger charge is -2.07. The van der Waals surface area contributed by atoms with Gasteiger partial charge in [-0.05, 0) is 37.6 Å². The predicted octanol–water partition coefficient (Wildman–Crippen LogP) is 2.19. The lowest BCUT2D eigenvalue weighted by atomic mass is 10.1. The monoisotopic (exact) mass is 351 g/mol. The van der Waals surface area contributed by atoms with Crippen LogP contribution in [0.2, 0.25) is 0 Å². The van der Waals surface area contributed by atoms with Gasteiger partial charge in [-0.1, -0.05) is 6.07 Å². The molecule has 26 heavy (non-hydrogen) atoms. The maximum atomic E-state index is 12.2. The van der Waals surface area contributed by atoms with Gasteiger partial charge < -0.3 is 14.8 Å². The van der Waals surface area contributed by atoms with Crippen molar-refractivity contribution in [2.45, 2.75) is 20.3 Å². The van der Waals surface area contributed by atoms with E-state index in [0.717, 1.165) is 17.0 Å². The van der Waals surface area contributed by atoms with Crippen LogP contribution in [-0.4, -0.2) is 32.4 Å². The first kappa shape index (κ1) is 16.1. The van der Waals surface area contributed by atoms with E-state index in [2.05, 4.69) is 20.4 Å². The number of aryl methyl sites for hydroxylation is 2. The van der Waals surface area contributed by atoms with Crippen LogP contribution < -0.4 is 14.8 Å². The Kier molecular flexibility index (Phi) is 4.00. The zero-order chi connectivity index (χ0) is 18.1. The Morgan fingerprint density at radius 3 is 2.65 bits per heavy atom.